The van der Waals surface area contributed by atoms with Crippen LogP contribution < -0.4 is 5.32 Å². The van der Waals surface area contributed by atoms with Crippen molar-refractivity contribution in [2.24, 2.45) is 0 Å². The zero-order chi connectivity index (χ0) is 14.1. The summed E-state index contributed by atoms with van der Waals surface area (Å²) in [6, 6.07) is 1.99. The van der Waals surface area contributed by atoms with Gasteiger partial charge in [-0.05, 0) is 13.8 Å². The van der Waals surface area contributed by atoms with Crippen LogP contribution in [-0.4, -0.2) is 25.7 Å². The Morgan fingerprint density at radius 3 is 3.05 bits per heavy atom. The molecule has 3 aromatic rings. The van der Waals surface area contributed by atoms with E-state index in [-0.39, 0.29) is 11.9 Å². The van der Waals surface area contributed by atoms with Crippen LogP contribution in [0, 0.1) is 0 Å². The van der Waals surface area contributed by atoms with Gasteiger partial charge in [0.15, 0.2) is 5.82 Å². The molecule has 1 amide bonds. The first-order valence-corrected chi connectivity index (χ1v) is 6.19. The van der Waals surface area contributed by atoms with Crippen LogP contribution in [-0.2, 0) is 0 Å². The van der Waals surface area contributed by atoms with Gasteiger partial charge in [0.1, 0.15) is 12.6 Å². The molecule has 3 aromatic heterocycles. The fourth-order valence-corrected chi connectivity index (χ4v) is 1.83. The van der Waals surface area contributed by atoms with E-state index >= 15 is 0 Å². The zero-order valence-corrected chi connectivity index (χ0v) is 11.1. The molecule has 0 fully saturated rings. The molecule has 3 heterocycles. The molecule has 20 heavy (non-hydrogen) atoms. The molecule has 0 aromatic carbocycles. The quantitative estimate of drug-likeness (QED) is 0.789. The van der Waals surface area contributed by atoms with Crippen molar-refractivity contribution in [1.82, 2.24) is 19.7 Å². The van der Waals surface area contributed by atoms with Crippen molar-refractivity contribution in [3.8, 4) is 0 Å². The largest absolute Gasteiger partial charge is 0.445 e. The van der Waals surface area contributed by atoms with Crippen LogP contribution in [0.4, 0.5) is 5.82 Å². The number of rotatable bonds is 3. The molecule has 102 valence electrons. The van der Waals surface area contributed by atoms with E-state index in [4.69, 9.17) is 4.42 Å². The molecule has 7 heteroatoms. The maximum absolute atomic E-state index is 12.2. The first-order chi connectivity index (χ1) is 9.65. The van der Waals surface area contributed by atoms with E-state index in [0.717, 1.165) is 0 Å². The summed E-state index contributed by atoms with van der Waals surface area (Å²) in [6.07, 6.45) is 6.11. The Morgan fingerprint density at radius 1 is 1.45 bits per heavy atom. The topological polar surface area (TPSA) is 85.8 Å². The average molecular weight is 271 g/mol. The summed E-state index contributed by atoms with van der Waals surface area (Å²) < 4.78 is 6.98. The summed E-state index contributed by atoms with van der Waals surface area (Å²) in [5.74, 6) is 0.197. The maximum Gasteiger partial charge on any atom is 0.260 e. The Hall–Kier alpha value is -2.70. The minimum absolute atomic E-state index is 0.240. The first-order valence-electron chi connectivity index (χ1n) is 6.19. The van der Waals surface area contributed by atoms with Crippen LogP contribution in [0.15, 0.2) is 35.5 Å². The summed E-state index contributed by atoms with van der Waals surface area (Å²) >= 11 is 0. The Labute approximate surface area is 114 Å². The molecule has 0 unspecified atom stereocenters. The number of nitrogens with one attached hydrogen (secondary N) is 1. The van der Waals surface area contributed by atoms with Gasteiger partial charge in [-0.15, -0.1) is 0 Å². The predicted molar refractivity (Wildman–Crippen MR) is 72.4 cm³/mol. The third-order valence-electron chi connectivity index (χ3n) is 2.88. The summed E-state index contributed by atoms with van der Waals surface area (Å²) in [5, 5.41) is 7.56. The molecule has 0 bridgehead atoms. The molecule has 0 atom stereocenters. The number of fused-ring (bicyclic) bond motifs is 1. The summed E-state index contributed by atoms with van der Waals surface area (Å²) in [5.41, 5.74) is 0.776. The lowest BCUT2D eigenvalue weighted by Crippen LogP contribution is -2.12. The molecule has 0 radical (unpaired) electrons. The van der Waals surface area contributed by atoms with Gasteiger partial charge in [-0.3, -0.25) is 9.48 Å². The van der Waals surface area contributed by atoms with Gasteiger partial charge >= 0.3 is 0 Å². The molecule has 1 N–H and O–H groups in total. The van der Waals surface area contributed by atoms with E-state index in [1.807, 2.05) is 20.0 Å². The number of carbonyl (C=O) groups is 1. The summed E-state index contributed by atoms with van der Waals surface area (Å²) in [4.78, 5) is 20.0. The predicted octanol–water partition coefficient (Wildman–Crippen LogP) is 2.25. The van der Waals surface area contributed by atoms with E-state index in [0.29, 0.717) is 22.5 Å². The van der Waals surface area contributed by atoms with Crippen molar-refractivity contribution in [3.05, 3.63) is 36.6 Å². The van der Waals surface area contributed by atoms with Crippen LogP contribution in [0.1, 0.15) is 30.2 Å². The smallest absolute Gasteiger partial charge is 0.260 e. The van der Waals surface area contributed by atoms with Crippen molar-refractivity contribution in [2.45, 2.75) is 19.9 Å². The van der Waals surface area contributed by atoms with Gasteiger partial charge in [0.2, 0.25) is 5.71 Å². The van der Waals surface area contributed by atoms with Crippen LogP contribution >= 0.6 is 0 Å². The molecule has 7 nitrogen and oxygen atoms in total. The number of furan rings is 1. The summed E-state index contributed by atoms with van der Waals surface area (Å²) in [7, 11) is 0. The van der Waals surface area contributed by atoms with E-state index < -0.39 is 0 Å². The van der Waals surface area contributed by atoms with Crippen LogP contribution in [0.5, 0.6) is 0 Å². The van der Waals surface area contributed by atoms with E-state index in [1.165, 1.54) is 12.6 Å². The normalized spacial score (nSPS) is 11.2. The highest BCUT2D eigenvalue weighted by atomic mass is 16.3. The lowest BCUT2D eigenvalue weighted by Gasteiger charge is -2.04. The van der Waals surface area contributed by atoms with Crippen molar-refractivity contribution in [2.75, 3.05) is 5.32 Å². The Kier molecular flexibility index (Phi) is 2.94. The monoisotopic (exact) mass is 271 g/mol. The number of anilines is 1. The second-order valence-electron chi connectivity index (χ2n) is 4.62. The van der Waals surface area contributed by atoms with Gasteiger partial charge in [0, 0.05) is 24.5 Å². The van der Waals surface area contributed by atoms with Gasteiger partial charge in [-0.1, -0.05) is 0 Å². The van der Waals surface area contributed by atoms with E-state index in [1.54, 1.807) is 16.9 Å². The standard InChI is InChI=1S/C13H13N5O2/c1-8(2)18-4-3-11(17-18)16-12(19)10-6-20-13-9(10)5-14-7-15-13/h3-8H,1-2H3,(H,16,17,19). The highest BCUT2D eigenvalue weighted by molar-refractivity contribution is 6.11. The fourth-order valence-electron chi connectivity index (χ4n) is 1.83. The second-order valence-corrected chi connectivity index (χ2v) is 4.62. The Balaban J connectivity index is 1.85. The van der Waals surface area contributed by atoms with Crippen molar-refractivity contribution >= 4 is 22.8 Å². The average Bonchev–Trinajstić information content (AvgIpc) is 3.04. The number of nitrogens with zero attached hydrogens (tertiary/aromatic N) is 4. The Morgan fingerprint density at radius 2 is 2.30 bits per heavy atom. The van der Waals surface area contributed by atoms with E-state index in [2.05, 4.69) is 20.4 Å². The zero-order valence-electron chi connectivity index (χ0n) is 11.1. The van der Waals surface area contributed by atoms with Crippen molar-refractivity contribution in [3.63, 3.8) is 0 Å². The molecule has 0 saturated carbocycles. The van der Waals surface area contributed by atoms with Gasteiger partial charge in [-0.25, -0.2) is 9.97 Å². The number of hydrogen-bond donors (Lipinski definition) is 1. The van der Waals surface area contributed by atoms with Crippen LogP contribution in [0.2, 0.25) is 0 Å². The highest BCUT2D eigenvalue weighted by Gasteiger charge is 2.15. The molecular weight excluding hydrogens is 258 g/mol. The minimum atomic E-state index is -0.299. The Bertz CT molecular complexity index is 759. The number of aromatic nitrogens is 4. The third kappa shape index (κ3) is 2.13. The lowest BCUT2D eigenvalue weighted by molar-refractivity contribution is 0.102. The molecule has 0 aliphatic carbocycles. The molecule has 3 rings (SSSR count). The maximum atomic E-state index is 12.2. The summed E-state index contributed by atoms with van der Waals surface area (Å²) in [6.45, 7) is 4.03. The third-order valence-corrected chi connectivity index (χ3v) is 2.88. The van der Waals surface area contributed by atoms with Crippen LogP contribution in [0.3, 0.4) is 0 Å². The molecular formula is C13H13N5O2. The number of carbonyl (C=O) groups excluding carboxylic acids is 1. The molecule has 0 saturated heterocycles. The van der Waals surface area contributed by atoms with Gasteiger partial charge in [-0.2, -0.15) is 5.10 Å². The van der Waals surface area contributed by atoms with Gasteiger partial charge < -0.3 is 9.73 Å². The molecule has 0 aliphatic heterocycles. The number of hydrogen-bond acceptors (Lipinski definition) is 5. The van der Waals surface area contributed by atoms with E-state index in [9.17, 15) is 4.79 Å². The molecule has 0 aliphatic rings. The number of amides is 1. The second kappa shape index (κ2) is 4.76. The lowest BCUT2D eigenvalue weighted by atomic mass is 10.2. The highest BCUT2D eigenvalue weighted by Crippen LogP contribution is 2.19. The fraction of sp³-hybridized carbons (Fsp3) is 0.231. The SMILES string of the molecule is CC(C)n1ccc(NC(=O)c2coc3ncncc23)n1. The van der Waals surface area contributed by atoms with Crippen molar-refractivity contribution in [1.29, 1.82) is 0 Å². The van der Waals surface area contributed by atoms with Crippen molar-refractivity contribution < 1.29 is 9.21 Å². The first kappa shape index (κ1) is 12.3. The molecule has 0 spiro atoms. The van der Waals surface area contributed by atoms with Gasteiger partial charge in [0.25, 0.3) is 5.91 Å². The minimum Gasteiger partial charge on any atom is -0.445 e. The van der Waals surface area contributed by atoms with Gasteiger partial charge in [0.05, 0.1) is 10.9 Å². The van der Waals surface area contributed by atoms with Crippen LogP contribution in [0.25, 0.3) is 11.1 Å².